The lowest BCUT2D eigenvalue weighted by molar-refractivity contribution is -0.123. The fourth-order valence-electron chi connectivity index (χ4n) is 2.80. The smallest absolute Gasteiger partial charge is 0.338 e. The Morgan fingerprint density at radius 1 is 0.897 bits per heavy atom. The SMILES string of the molecule is CC(C)COc1ccc(C(=O)O[C@@H](C)C(=O)Nc2cccc3ccccc23)cc1. The minimum absolute atomic E-state index is 0.367. The second kappa shape index (κ2) is 9.24. The van der Waals surface area contributed by atoms with E-state index in [4.69, 9.17) is 9.47 Å². The van der Waals surface area contributed by atoms with Gasteiger partial charge in [-0.05, 0) is 48.6 Å². The number of carbonyl (C=O) groups is 2. The standard InChI is InChI=1S/C24H25NO4/c1-16(2)15-28-20-13-11-19(12-14-20)24(27)29-17(3)23(26)25-22-10-6-8-18-7-4-5-9-21(18)22/h4-14,16-17H,15H2,1-3H3,(H,25,26)/t17-/m0/s1. The molecule has 1 N–H and O–H groups in total. The molecule has 0 radical (unpaired) electrons. The van der Waals surface area contributed by atoms with Crippen molar-refractivity contribution in [2.75, 3.05) is 11.9 Å². The van der Waals surface area contributed by atoms with Crippen LogP contribution in [0.15, 0.2) is 66.7 Å². The average Bonchev–Trinajstić information content (AvgIpc) is 2.72. The summed E-state index contributed by atoms with van der Waals surface area (Å²) in [5.74, 6) is 0.172. The van der Waals surface area contributed by atoms with Crippen LogP contribution in [0.1, 0.15) is 31.1 Å². The molecule has 0 aromatic heterocycles. The molecule has 5 nitrogen and oxygen atoms in total. The van der Waals surface area contributed by atoms with E-state index >= 15 is 0 Å². The fourth-order valence-corrected chi connectivity index (χ4v) is 2.80. The van der Waals surface area contributed by atoms with Crippen LogP contribution in [0.3, 0.4) is 0 Å². The number of esters is 1. The van der Waals surface area contributed by atoms with Crippen molar-refractivity contribution in [3.8, 4) is 5.75 Å². The van der Waals surface area contributed by atoms with Crippen LogP contribution in [0.2, 0.25) is 0 Å². The van der Waals surface area contributed by atoms with E-state index in [1.807, 2.05) is 42.5 Å². The van der Waals surface area contributed by atoms with Crippen molar-refractivity contribution in [1.29, 1.82) is 0 Å². The van der Waals surface area contributed by atoms with Gasteiger partial charge in [-0.3, -0.25) is 4.79 Å². The van der Waals surface area contributed by atoms with E-state index in [-0.39, 0.29) is 5.91 Å². The maximum absolute atomic E-state index is 12.5. The van der Waals surface area contributed by atoms with E-state index in [1.165, 1.54) is 0 Å². The zero-order valence-electron chi connectivity index (χ0n) is 16.8. The second-order valence-corrected chi connectivity index (χ2v) is 7.29. The summed E-state index contributed by atoms with van der Waals surface area (Å²) in [6.07, 6.45) is -0.932. The van der Waals surface area contributed by atoms with Crippen molar-refractivity contribution in [2.24, 2.45) is 5.92 Å². The molecule has 0 unspecified atom stereocenters. The Morgan fingerprint density at radius 3 is 2.31 bits per heavy atom. The molecule has 0 fully saturated rings. The van der Waals surface area contributed by atoms with Gasteiger partial charge >= 0.3 is 5.97 Å². The summed E-state index contributed by atoms with van der Waals surface area (Å²) in [5.41, 5.74) is 1.05. The van der Waals surface area contributed by atoms with E-state index in [0.717, 1.165) is 10.8 Å². The van der Waals surface area contributed by atoms with Gasteiger partial charge in [0.05, 0.1) is 12.2 Å². The van der Waals surface area contributed by atoms with Crippen LogP contribution in [-0.2, 0) is 9.53 Å². The van der Waals surface area contributed by atoms with Crippen molar-refractivity contribution in [1.82, 2.24) is 0 Å². The summed E-state index contributed by atoms with van der Waals surface area (Å²) >= 11 is 0. The molecule has 150 valence electrons. The minimum Gasteiger partial charge on any atom is -0.493 e. The Hall–Kier alpha value is -3.34. The Kier molecular flexibility index (Phi) is 6.50. The van der Waals surface area contributed by atoms with Gasteiger partial charge in [0.25, 0.3) is 5.91 Å². The van der Waals surface area contributed by atoms with Crippen molar-refractivity contribution < 1.29 is 19.1 Å². The van der Waals surface area contributed by atoms with Crippen LogP contribution in [0.4, 0.5) is 5.69 Å². The molecule has 3 rings (SSSR count). The average molecular weight is 391 g/mol. The maximum atomic E-state index is 12.5. The highest BCUT2D eigenvalue weighted by atomic mass is 16.5. The highest BCUT2D eigenvalue weighted by Crippen LogP contribution is 2.23. The summed E-state index contributed by atoms with van der Waals surface area (Å²) in [7, 11) is 0. The molecule has 0 heterocycles. The van der Waals surface area contributed by atoms with Crippen molar-refractivity contribution in [2.45, 2.75) is 26.9 Å². The Morgan fingerprint density at radius 2 is 1.59 bits per heavy atom. The molecular weight excluding hydrogens is 366 g/mol. The predicted octanol–water partition coefficient (Wildman–Crippen LogP) is 5.06. The molecular formula is C24H25NO4. The van der Waals surface area contributed by atoms with E-state index in [0.29, 0.717) is 29.5 Å². The first-order valence-electron chi connectivity index (χ1n) is 9.66. The third-order valence-electron chi connectivity index (χ3n) is 4.37. The summed E-state index contributed by atoms with van der Waals surface area (Å²) in [6, 6.07) is 20.1. The molecule has 0 saturated heterocycles. The number of rotatable bonds is 7. The fraction of sp³-hybridized carbons (Fsp3) is 0.250. The lowest BCUT2D eigenvalue weighted by atomic mass is 10.1. The van der Waals surface area contributed by atoms with Gasteiger partial charge in [-0.1, -0.05) is 50.2 Å². The van der Waals surface area contributed by atoms with Crippen LogP contribution in [0.25, 0.3) is 10.8 Å². The monoisotopic (exact) mass is 391 g/mol. The number of hydrogen-bond acceptors (Lipinski definition) is 4. The van der Waals surface area contributed by atoms with Crippen LogP contribution >= 0.6 is 0 Å². The second-order valence-electron chi connectivity index (χ2n) is 7.29. The first-order valence-corrected chi connectivity index (χ1v) is 9.66. The summed E-state index contributed by atoms with van der Waals surface area (Å²) in [4.78, 5) is 24.9. The number of amides is 1. The van der Waals surface area contributed by atoms with Crippen LogP contribution in [0, 0.1) is 5.92 Å². The number of benzene rings is 3. The molecule has 0 saturated carbocycles. The lowest BCUT2D eigenvalue weighted by Crippen LogP contribution is -2.30. The first kappa shape index (κ1) is 20.4. The Labute approximate surface area is 170 Å². The number of nitrogens with one attached hydrogen (secondary N) is 1. The van der Waals surface area contributed by atoms with Crippen molar-refractivity contribution >= 4 is 28.3 Å². The predicted molar refractivity (Wildman–Crippen MR) is 114 cm³/mol. The maximum Gasteiger partial charge on any atom is 0.338 e. The Balaban J connectivity index is 1.61. The van der Waals surface area contributed by atoms with Gasteiger partial charge in [-0.25, -0.2) is 4.79 Å². The number of fused-ring (bicyclic) bond motifs is 1. The normalized spacial score (nSPS) is 11.9. The van der Waals surface area contributed by atoms with Crippen LogP contribution in [-0.4, -0.2) is 24.6 Å². The molecule has 1 amide bonds. The van der Waals surface area contributed by atoms with Crippen molar-refractivity contribution in [3.63, 3.8) is 0 Å². The number of anilines is 1. The van der Waals surface area contributed by atoms with Gasteiger partial charge in [0.15, 0.2) is 6.10 Å². The topological polar surface area (TPSA) is 64.6 Å². The van der Waals surface area contributed by atoms with Gasteiger partial charge in [0, 0.05) is 11.1 Å². The molecule has 5 heteroatoms. The molecule has 0 bridgehead atoms. The van der Waals surface area contributed by atoms with Gasteiger partial charge in [-0.2, -0.15) is 0 Å². The van der Waals surface area contributed by atoms with Gasteiger partial charge < -0.3 is 14.8 Å². The molecule has 0 aliphatic rings. The molecule has 3 aromatic carbocycles. The van der Waals surface area contributed by atoms with E-state index in [9.17, 15) is 9.59 Å². The zero-order chi connectivity index (χ0) is 20.8. The van der Waals surface area contributed by atoms with E-state index in [2.05, 4.69) is 19.2 Å². The minimum atomic E-state index is -0.932. The third-order valence-corrected chi connectivity index (χ3v) is 4.37. The first-order chi connectivity index (χ1) is 13.9. The Bertz CT molecular complexity index is 990. The number of hydrogen-bond donors (Lipinski definition) is 1. The number of carbonyl (C=O) groups excluding carboxylic acids is 2. The van der Waals surface area contributed by atoms with Gasteiger partial charge in [-0.15, -0.1) is 0 Å². The van der Waals surface area contributed by atoms with E-state index in [1.54, 1.807) is 31.2 Å². The highest BCUT2D eigenvalue weighted by Gasteiger charge is 2.19. The quantitative estimate of drug-likeness (QED) is 0.572. The summed E-state index contributed by atoms with van der Waals surface area (Å²) < 4.78 is 10.9. The molecule has 0 aliphatic carbocycles. The third kappa shape index (κ3) is 5.35. The largest absolute Gasteiger partial charge is 0.493 e. The molecule has 3 aromatic rings. The lowest BCUT2D eigenvalue weighted by Gasteiger charge is -2.15. The molecule has 0 aliphatic heterocycles. The number of ether oxygens (including phenoxy) is 2. The molecule has 1 atom stereocenters. The zero-order valence-corrected chi connectivity index (χ0v) is 16.8. The van der Waals surface area contributed by atoms with Gasteiger partial charge in [0.1, 0.15) is 5.75 Å². The van der Waals surface area contributed by atoms with Crippen LogP contribution < -0.4 is 10.1 Å². The highest BCUT2D eigenvalue weighted by molar-refractivity contribution is 6.04. The summed E-state index contributed by atoms with van der Waals surface area (Å²) in [6.45, 7) is 6.29. The summed E-state index contributed by atoms with van der Waals surface area (Å²) in [5, 5.41) is 4.79. The molecule has 0 spiro atoms. The van der Waals surface area contributed by atoms with E-state index < -0.39 is 12.1 Å². The molecule has 29 heavy (non-hydrogen) atoms. The van der Waals surface area contributed by atoms with Gasteiger partial charge in [0.2, 0.25) is 0 Å². The van der Waals surface area contributed by atoms with Crippen molar-refractivity contribution in [3.05, 3.63) is 72.3 Å². The van der Waals surface area contributed by atoms with Crippen LogP contribution in [0.5, 0.6) is 5.75 Å².